The molecule has 0 bridgehead atoms. The van der Waals surface area contributed by atoms with Crippen LogP contribution in [0.25, 0.3) is 6.08 Å². The largest absolute Gasteiger partial charge is 0.445 e. The lowest BCUT2D eigenvalue weighted by molar-refractivity contribution is 0.0210. The SMILES string of the molecule is CC=CC=C(C)COC(=O)N1CC(c2c[nH]c(C)c2C=CC)C2C1CCN2C(=O)OC(C)(C)C. The summed E-state index contributed by atoms with van der Waals surface area (Å²) < 4.78 is 11.4. The number of carbonyl (C=O) groups excluding carboxylic acids is 2. The summed E-state index contributed by atoms with van der Waals surface area (Å²) in [6.45, 7) is 14.8. The number of fused-ring (bicyclic) bond motifs is 1. The maximum atomic E-state index is 13.2. The molecule has 7 nitrogen and oxygen atoms in total. The fourth-order valence-corrected chi connectivity index (χ4v) is 4.93. The van der Waals surface area contributed by atoms with Crippen LogP contribution in [0.2, 0.25) is 0 Å². The van der Waals surface area contributed by atoms with Crippen molar-refractivity contribution in [2.45, 2.75) is 78.5 Å². The van der Waals surface area contributed by atoms with Gasteiger partial charge in [0.25, 0.3) is 0 Å². The first-order valence-corrected chi connectivity index (χ1v) is 12.1. The Kier molecular flexibility index (Phi) is 7.95. The maximum Gasteiger partial charge on any atom is 0.410 e. The molecule has 2 amide bonds. The van der Waals surface area contributed by atoms with E-state index in [-0.39, 0.29) is 36.8 Å². The molecule has 2 saturated heterocycles. The highest BCUT2D eigenvalue weighted by molar-refractivity contribution is 5.73. The number of ether oxygens (including phenoxy) is 2. The van der Waals surface area contributed by atoms with Crippen molar-refractivity contribution in [3.05, 3.63) is 52.9 Å². The molecule has 0 radical (unpaired) electrons. The number of aromatic nitrogens is 1. The molecular formula is C27H39N3O4. The van der Waals surface area contributed by atoms with Crippen LogP contribution in [-0.2, 0) is 9.47 Å². The third-order valence-electron chi connectivity index (χ3n) is 6.38. The zero-order valence-corrected chi connectivity index (χ0v) is 21.6. The number of hydrogen-bond acceptors (Lipinski definition) is 4. The molecule has 3 rings (SSSR count). The quantitative estimate of drug-likeness (QED) is 0.554. The van der Waals surface area contributed by atoms with Crippen LogP contribution in [-0.4, -0.2) is 64.4 Å². The molecule has 34 heavy (non-hydrogen) atoms. The van der Waals surface area contributed by atoms with Crippen molar-refractivity contribution >= 4 is 18.3 Å². The molecule has 7 heteroatoms. The average Bonchev–Trinajstić information content (AvgIpc) is 3.44. The topological polar surface area (TPSA) is 74.9 Å². The van der Waals surface area contributed by atoms with Gasteiger partial charge in [0.15, 0.2) is 0 Å². The second kappa shape index (κ2) is 10.5. The summed E-state index contributed by atoms with van der Waals surface area (Å²) >= 11 is 0. The molecule has 186 valence electrons. The van der Waals surface area contributed by atoms with Crippen molar-refractivity contribution < 1.29 is 19.1 Å². The number of rotatable bonds is 5. The molecule has 1 aromatic heterocycles. The first kappa shape index (κ1) is 25.7. The summed E-state index contributed by atoms with van der Waals surface area (Å²) in [5.74, 6) is -0.0385. The molecule has 3 unspecified atom stereocenters. The van der Waals surface area contributed by atoms with Gasteiger partial charge in [-0.15, -0.1) is 0 Å². The number of amides is 2. The van der Waals surface area contributed by atoms with Gasteiger partial charge in [-0.25, -0.2) is 9.59 Å². The highest BCUT2D eigenvalue weighted by atomic mass is 16.6. The summed E-state index contributed by atoms with van der Waals surface area (Å²) in [4.78, 5) is 33.2. The molecule has 0 spiro atoms. The number of aromatic amines is 1. The lowest BCUT2D eigenvalue weighted by Gasteiger charge is -2.31. The molecule has 1 N–H and O–H groups in total. The molecule has 2 fully saturated rings. The number of allylic oxidation sites excluding steroid dienone is 4. The third kappa shape index (κ3) is 5.57. The second-order valence-corrected chi connectivity index (χ2v) is 10.2. The number of hydrogen-bond donors (Lipinski definition) is 1. The van der Waals surface area contributed by atoms with Crippen molar-refractivity contribution in [1.29, 1.82) is 0 Å². The average molecular weight is 470 g/mol. The van der Waals surface area contributed by atoms with E-state index in [0.717, 1.165) is 22.4 Å². The Morgan fingerprint density at radius 1 is 1.18 bits per heavy atom. The summed E-state index contributed by atoms with van der Waals surface area (Å²) in [7, 11) is 0. The third-order valence-corrected chi connectivity index (χ3v) is 6.38. The number of nitrogens with one attached hydrogen (secondary N) is 1. The van der Waals surface area contributed by atoms with Gasteiger partial charge >= 0.3 is 12.2 Å². The maximum absolute atomic E-state index is 13.2. The molecule has 2 aliphatic heterocycles. The zero-order valence-electron chi connectivity index (χ0n) is 21.6. The van der Waals surface area contributed by atoms with E-state index in [1.54, 1.807) is 0 Å². The van der Waals surface area contributed by atoms with Crippen LogP contribution in [0.4, 0.5) is 9.59 Å². The van der Waals surface area contributed by atoms with Crippen LogP contribution in [0.1, 0.15) is 70.7 Å². The molecule has 1 aromatic rings. The minimum absolute atomic E-state index is 0.0385. The highest BCUT2D eigenvalue weighted by Gasteiger charge is 2.54. The van der Waals surface area contributed by atoms with Crippen molar-refractivity contribution in [3.63, 3.8) is 0 Å². The molecule has 2 aliphatic rings. The molecule has 0 aliphatic carbocycles. The Morgan fingerprint density at radius 2 is 1.91 bits per heavy atom. The lowest BCUT2D eigenvalue weighted by Crippen LogP contribution is -2.45. The summed E-state index contributed by atoms with van der Waals surface area (Å²) in [5, 5.41) is 0. The Hall–Kier alpha value is -2.96. The van der Waals surface area contributed by atoms with Gasteiger partial charge in [0.05, 0.1) is 12.1 Å². The van der Waals surface area contributed by atoms with Gasteiger partial charge in [-0.2, -0.15) is 0 Å². The Morgan fingerprint density at radius 3 is 2.56 bits per heavy atom. The number of H-pyrrole nitrogens is 1. The van der Waals surface area contributed by atoms with E-state index in [2.05, 4.69) is 11.1 Å². The van der Waals surface area contributed by atoms with E-state index in [1.807, 2.05) is 88.8 Å². The van der Waals surface area contributed by atoms with E-state index < -0.39 is 5.60 Å². The second-order valence-electron chi connectivity index (χ2n) is 10.2. The highest BCUT2D eigenvalue weighted by Crippen LogP contribution is 2.43. The van der Waals surface area contributed by atoms with Gasteiger partial charge in [0.1, 0.15) is 12.2 Å². The lowest BCUT2D eigenvalue weighted by atomic mass is 9.90. The first-order chi connectivity index (χ1) is 16.1. The van der Waals surface area contributed by atoms with Gasteiger partial charge < -0.3 is 24.3 Å². The van der Waals surface area contributed by atoms with Crippen LogP contribution in [0.5, 0.6) is 0 Å². The predicted molar refractivity (Wildman–Crippen MR) is 135 cm³/mol. The zero-order chi connectivity index (χ0) is 25.0. The van der Waals surface area contributed by atoms with Crippen LogP contribution in [0.3, 0.4) is 0 Å². The minimum atomic E-state index is -0.584. The van der Waals surface area contributed by atoms with Gasteiger partial charge in [0.2, 0.25) is 0 Å². The Balaban J connectivity index is 1.90. The van der Waals surface area contributed by atoms with Gasteiger partial charge in [0, 0.05) is 30.9 Å². The number of nitrogens with zero attached hydrogens (tertiary/aromatic N) is 2. The van der Waals surface area contributed by atoms with Crippen molar-refractivity contribution in [2.75, 3.05) is 19.7 Å². The number of aryl methyl sites for hydroxylation is 1. The van der Waals surface area contributed by atoms with Crippen molar-refractivity contribution in [2.24, 2.45) is 0 Å². The van der Waals surface area contributed by atoms with Gasteiger partial charge in [-0.3, -0.25) is 0 Å². The number of carbonyl (C=O) groups is 2. The minimum Gasteiger partial charge on any atom is -0.445 e. The van der Waals surface area contributed by atoms with Crippen LogP contribution in [0.15, 0.2) is 36.1 Å². The molecule has 3 atom stereocenters. The Labute approximate surface area is 203 Å². The fourth-order valence-electron chi connectivity index (χ4n) is 4.93. The van der Waals surface area contributed by atoms with E-state index in [1.165, 1.54) is 0 Å². The number of likely N-dealkylation sites (tertiary alicyclic amines) is 2. The summed E-state index contributed by atoms with van der Waals surface area (Å²) in [6.07, 6.45) is 11.9. The molecule has 0 aromatic carbocycles. The van der Waals surface area contributed by atoms with E-state index in [0.29, 0.717) is 19.5 Å². The first-order valence-electron chi connectivity index (χ1n) is 12.1. The standard InChI is InChI=1S/C27H39N3O4/c1-8-10-12-18(3)17-33-25(31)30-16-22(21-15-28-19(4)20(21)11-9-2)24-23(30)13-14-29(24)26(32)34-27(5,6)7/h8-12,15,22-24,28H,13-14,16-17H2,1-7H3. The van der Waals surface area contributed by atoms with Crippen LogP contribution >= 0.6 is 0 Å². The Bertz CT molecular complexity index is 982. The van der Waals surface area contributed by atoms with E-state index in [9.17, 15) is 9.59 Å². The smallest absolute Gasteiger partial charge is 0.410 e. The summed E-state index contributed by atoms with van der Waals surface area (Å²) in [6, 6.07) is -0.278. The normalized spacial score (nSPS) is 23.3. The van der Waals surface area contributed by atoms with E-state index >= 15 is 0 Å². The molecule has 0 saturated carbocycles. The molecular weight excluding hydrogens is 430 g/mol. The molecule has 3 heterocycles. The summed E-state index contributed by atoms with van der Waals surface area (Å²) in [5.41, 5.74) is 3.68. The van der Waals surface area contributed by atoms with Crippen LogP contribution in [0, 0.1) is 6.92 Å². The predicted octanol–water partition coefficient (Wildman–Crippen LogP) is 5.79. The van der Waals surface area contributed by atoms with Crippen LogP contribution < -0.4 is 0 Å². The van der Waals surface area contributed by atoms with Crippen molar-refractivity contribution in [3.8, 4) is 0 Å². The van der Waals surface area contributed by atoms with Gasteiger partial charge in [-0.1, -0.05) is 30.4 Å². The van der Waals surface area contributed by atoms with Crippen molar-refractivity contribution in [1.82, 2.24) is 14.8 Å². The fraction of sp³-hybridized carbons (Fsp3) is 0.556. The van der Waals surface area contributed by atoms with E-state index in [4.69, 9.17) is 9.47 Å². The monoisotopic (exact) mass is 469 g/mol. The van der Waals surface area contributed by atoms with Gasteiger partial charge in [-0.05, 0) is 71.6 Å².